The van der Waals surface area contributed by atoms with Crippen LogP contribution in [0.4, 0.5) is 20.2 Å². The molecule has 0 saturated carbocycles. The first-order chi connectivity index (χ1) is 17.7. The summed E-state index contributed by atoms with van der Waals surface area (Å²) in [5.74, 6) is -2.68. The van der Waals surface area contributed by atoms with Gasteiger partial charge in [-0.25, -0.2) is 27.2 Å². The van der Waals surface area contributed by atoms with Gasteiger partial charge in [-0.1, -0.05) is 59.8 Å². The summed E-state index contributed by atoms with van der Waals surface area (Å²) in [6.07, 6.45) is 1.26. The number of aryl methyl sites for hydroxylation is 1. The number of anilines is 2. The average Bonchev–Trinajstić information content (AvgIpc) is 2.87. The molecule has 0 spiro atoms. The molecule has 5 rings (SSSR count). The van der Waals surface area contributed by atoms with Gasteiger partial charge in [0.05, 0.1) is 29.9 Å². The van der Waals surface area contributed by atoms with Gasteiger partial charge in [0.2, 0.25) is 5.91 Å². The minimum atomic E-state index is -3.95. The van der Waals surface area contributed by atoms with E-state index in [1.807, 2.05) is 31.2 Å². The first-order valence-electron chi connectivity index (χ1n) is 11.1. The second-order valence-electron chi connectivity index (χ2n) is 8.35. The minimum Gasteiger partial charge on any atom is -0.325 e. The highest BCUT2D eigenvalue weighted by Crippen LogP contribution is 2.42. The molecule has 1 aromatic heterocycles. The lowest BCUT2D eigenvalue weighted by Gasteiger charge is -2.31. The quantitative estimate of drug-likeness (QED) is 0.269. The zero-order valence-corrected chi connectivity index (χ0v) is 21.1. The molecule has 7 nitrogen and oxygen atoms in total. The van der Waals surface area contributed by atoms with Crippen molar-refractivity contribution in [3.05, 3.63) is 95.7 Å². The highest BCUT2D eigenvalue weighted by molar-refractivity contribution is 7.99. The van der Waals surface area contributed by atoms with Crippen molar-refractivity contribution < 1.29 is 22.0 Å². The third-order valence-corrected chi connectivity index (χ3v) is 8.30. The summed E-state index contributed by atoms with van der Waals surface area (Å²) in [5, 5.41) is 2.68. The fourth-order valence-corrected chi connectivity index (χ4v) is 6.17. The predicted octanol–water partition coefficient (Wildman–Crippen LogP) is 5.17. The minimum absolute atomic E-state index is 0.0190. The molecule has 0 bridgehead atoms. The van der Waals surface area contributed by atoms with Gasteiger partial charge in [0.25, 0.3) is 10.0 Å². The molecular weight excluding hydrogens is 518 g/mol. The Labute approximate surface area is 216 Å². The molecule has 4 aromatic rings. The summed E-state index contributed by atoms with van der Waals surface area (Å²) in [6.45, 7) is 2.10. The maximum Gasteiger partial charge on any atom is 0.268 e. The molecule has 0 unspecified atom stereocenters. The van der Waals surface area contributed by atoms with Gasteiger partial charge in [-0.05, 0) is 30.7 Å². The number of halogens is 2. The van der Waals surface area contributed by atoms with Gasteiger partial charge >= 0.3 is 0 Å². The molecule has 0 fully saturated rings. The van der Waals surface area contributed by atoms with Crippen molar-refractivity contribution in [1.82, 2.24) is 9.97 Å². The van der Waals surface area contributed by atoms with E-state index in [9.17, 15) is 22.0 Å². The van der Waals surface area contributed by atoms with Gasteiger partial charge in [-0.15, -0.1) is 0 Å². The van der Waals surface area contributed by atoms with Crippen LogP contribution < -0.4 is 9.62 Å². The van der Waals surface area contributed by atoms with Crippen LogP contribution in [0.15, 0.2) is 83.0 Å². The Morgan fingerprint density at radius 1 is 1.03 bits per heavy atom. The van der Waals surface area contributed by atoms with Crippen LogP contribution in [0.3, 0.4) is 0 Å². The van der Waals surface area contributed by atoms with Gasteiger partial charge in [-0.3, -0.25) is 9.10 Å². The van der Waals surface area contributed by atoms with Crippen LogP contribution in [-0.4, -0.2) is 30.0 Å². The average molecular weight is 539 g/mol. The van der Waals surface area contributed by atoms with Gasteiger partial charge in [0.1, 0.15) is 4.90 Å². The van der Waals surface area contributed by atoms with E-state index in [-0.39, 0.29) is 33.7 Å². The van der Waals surface area contributed by atoms with Crippen LogP contribution >= 0.6 is 11.8 Å². The number of rotatable bonds is 6. The number of para-hydroxylation sites is 1. The van der Waals surface area contributed by atoms with Crippen molar-refractivity contribution in [1.29, 1.82) is 0 Å². The number of aromatic nitrogens is 2. The number of thioether (sulfide) groups is 1. The molecule has 1 amide bonds. The predicted molar refractivity (Wildman–Crippen MR) is 138 cm³/mol. The normalized spacial score (nSPS) is 13.5. The Hall–Kier alpha value is -3.83. The molecule has 1 aliphatic heterocycles. The number of hydrogen-bond acceptors (Lipinski definition) is 6. The van der Waals surface area contributed by atoms with Crippen LogP contribution in [0.1, 0.15) is 11.1 Å². The maximum atomic E-state index is 13.6. The van der Waals surface area contributed by atoms with E-state index in [4.69, 9.17) is 0 Å². The molecule has 0 atom stereocenters. The van der Waals surface area contributed by atoms with Crippen molar-refractivity contribution in [2.45, 2.75) is 23.5 Å². The zero-order chi connectivity index (χ0) is 26.2. The zero-order valence-electron chi connectivity index (χ0n) is 19.5. The van der Waals surface area contributed by atoms with Crippen LogP contribution in [0.5, 0.6) is 0 Å². The van der Waals surface area contributed by atoms with Crippen LogP contribution in [0.2, 0.25) is 0 Å². The Morgan fingerprint density at radius 2 is 1.84 bits per heavy atom. The molecule has 2 heterocycles. The van der Waals surface area contributed by atoms with Gasteiger partial charge in [-0.2, -0.15) is 0 Å². The number of amides is 1. The lowest BCUT2D eigenvalue weighted by Crippen LogP contribution is -2.34. The maximum absolute atomic E-state index is 13.6. The third-order valence-electron chi connectivity index (χ3n) is 5.67. The molecule has 0 aliphatic carbocycles. The highest BCUT2D eigenvalue weighted by atomic mass is 32.2. The fourth-order valence-electron chi connectivity index (χ4n) is 3.99. The molecule has 0 saturated heterocycles. The molecule has 0 radical (unpaired) electrons. The summed E-state index contributed by atoms with van der Waals surface area (Å²) in [6, 6.07) is 17.8. The molecular formula is C26H20F2N4O3S2. The number of carbonyl (C=O) groups excluding carboxylic acids is 1. The fraction of sp³-hybridized carbons (Fsp3) is 0.115. The van der Waals surface area contributed by atoms with E-state index in [1.54, 1.807) is 24.3 Å². The second kappa shape index (κ2) is 9.91. The SMILES string of the molecule is Cc1cccc(CN2c3ccccc3-c3nc(SCC(=O)Nc4ccc(F)c(F)c4)ncc3S2(=O)=O)c1. The standard InChI is InChI=1S/C26H20F2N4O3S2/c1-16-5-4-6-17(11-16)14-32-22-8-3-2-7-19(22)25-23(37(32,34)35)13-29-26(31-25)36-15-24(33)30-18-9-10-20(27)21(28)12-18/h2-13H,14-15H2,1H3,(H,30,33). The summed E-state index contributed by atoms with van der Waals surface area (Å²) < 4.78 is 55.1. The number of carbonyl (C=O) groups is 1. The van der Waals surface area contributed by atoms with Crippen molar-refractivity contribution >= 4 is 39.1 Å². The van der Waals surface area contributed by atoms with E-state index in [2.05, 4.69) is 15.3 Å². The Bertz CT molecular complexity index is 1630. The van der Waals surface area contributed by atoms with Crippen LogP contribution in [-0.2, 0) is 21.4 Å². The first-order valence-corrected chi connectivity index (χ1v) is 13.6. The number of nitrogens with one attached hydrogen (secondary N) is 1. The van der Waals surface area contributed by atoms with E-state index in [0.29, 0.717) is 11.3 Å². The summed E-state index contributed by atoms with van der Waals surface area (Å²) in [4.78, 5) is 20.9. The molecule has 1 N–H and O–H groups in total. The van der Waals surface area contributed by atoms with Crippen molar-refractivity contribution in [3.63, 3.8) is 0 Å². The molecule has 188 valence electrons. The van der Waals surface area contributed by atoms with Crippen molar-refractivity contribution in [2.75, 3.05) is 15.4 Å². The van der Waals surface area contributed by atoms with Gasteiger partial charge in [0.15, 0.2) is 16.8 Å². The lowest BCUT2D eigenvalue weighted by atomic mass is 10.1. The Kier molecular flexibility index (Phi) is 6.65. The lowest BCUT2D eigenvalue weighted by molar-refractivity contribution is -0.113. The molecule has 37 heavy (non-hydrogen) atoms. The highest BCUT2D eigenvalue weighted by Gasteiger charge is 2.36. The molecule has 11 heteroatoms. The van der Waals surface area contributed by atoms with E-state index >= 15 is 0 Å². The second-order valence-corrected chi connectivity index (χ2v) is 11.1. The molecule has 3 aromatic carbocycles. The third kappa shape index (κ3) is 5.05. The number of hydrogen-bond donors (Lipinski definition) is 1. The summed E-state index contributed by atoms with van der Waals surface area (Å²) in [5.41, 5.74) is 3.39. The summed E-state index contributed by atoms with van der Waals surface area (Å²) in [7, 11) is -3.95. The van der Waals surface area contributed by atoms with Crippen molar-refractivity contribution in [3.8, 4) is 11.3 Å². The topological polar surface area (TPSA) is 92.3 Å². The number of fused-ring (bicyclic) bond motifs is 3. The largest absolute Gasteiger partial charge is 0.325 e. The number of nitrogens with zero attached hydrogens (tertiary/aromatic N) is 3. The number of benzene rings is 3. The smallest absolute Gasteiger partial charge is 0.268 e. The first kappa shape index (κ1) is 24.8. The van der Waals surface area contributed by atoms with Crippen LogP contribution in [0.25, 0.3) is 11.3 Å². The molecule has 1 aliphatic rings. The van der Waals surface area contributed by atoms with Crippen molar-refractivity contribution in [2.24, 2.45) is 0 Å². The Balaban J connectivity index is 1.40. The van der Waals surface area contributed by atoms with E-state index in [1.165, 1.54) is 16.6 Å². The summed E-state index contributed by atoms with van der Waals surface area (Å²) >= 11 is 0.997. The van der Waals surface area contributed by atoms with E-state index in [0.717, 1.165) is 35.0 Å². The number of sulfonamides is 1. The monoisotopic (exact) mass is 538 g/mol. The van der Waals surface area contributed by atoms with E-state index < -0.39 is 27.6 Å². The Morgan fingerprint density at radius 3 is 2.62 bits per heavy atom. The van der Waals surface area contributed by atoms with Gasteiger partial charge in [0, 0.05) is 17.3 Å². The van der Waals surface area contributed by atoms with Gasteiger partial charge < -0.3 is 5.32 Å². The van der Waals surface area contributed by atoms with Crippen LogP contribution in [0, 0.1) is 18.6 Å².